The molecule has 0 aromatic heterocycles. The third kappa shape index (κ3) is 3.96. The summed E-state index contributed by atoms with van der Waals surface area (Å²) in [5, 5.41) is 0. The lowest BCUT2D eigenvalue weighted by molar-refractivity contribution is -0.0526. The molecule has 5 aromatic carbocycles. The van der Waals surface area contributed by atoms with Crippen LogP contribution in [0.5, 0.6) is 0 Å². The van der Waals surface area contributed by atoms with Gasteiger partial charge in [-0.15, -0.1) is 0 Å². The molecule has 6 rings (SSSR count). The van der Waals surface area contributed by atoms with Gasteiger partial charge in [-0.2, -0.15) is 0 Å². The number of fused-ring (bicyclic) bond motifs is 1. The first-order chi connectivity index (χ1) is 17.9. The number of hydrogen-bond acceptors (Lipinski definition) is 2. The molecule has 2 atom stereocenters. The van der Waals surface area contributed by atoms with Gasteiger partial charge in [-0.05, 0) is 33.9 Å². The Balaban J connectivity index is 1.60. The zero-order chi connectivity index (χ0) is 24.2. The molecule has 0 N–H and O–H groups in total. The topological polar surface area (TPSA) is 21.6 Å². The highest BCUT2D eigenvalue weighted by Gasteiger charge is 2.43. The van der Waals surface area contributed by atoms with Crippen LogP contribution in [0, 0.1) is 0 Å². The van der Waals surface area contributed by atoms with Crippen molar-refractivity contribution in [2.45, 2.75) is 17.6 Å². The summed E-state index contributed by atoms with van der Waals surface area (Å²) < 4.78 is 7.53. The third-order valence-electron chi connectivity index (χ3n) is 6.97. The van der Waals surface area contributed by atoms with E-state index in [2.05, 4.69) is 140 Å². The molecule has 0 saturated carbocycles. The summed E-state index contributed by atoms with van der Waals surface area (Å²) >= 11 is 0. The van der Waals surface area contributed by atoms with E-state index in [0.717, 1.165) is 27.9 Å². The van der Waals surface area contributed by atoms with Crippen LogP contribution in [0.3, 0.4) is 0 Å². The predicted octanol–water partition coefficient (Wildman–Crippen LogP) is 8.24. The number of para-hydroxylation sites is 1. The molecule has 0 radical (unpaired) electrons. The van der Waals surface area contributed by atoms with E-state index in [4.69, 9.17) is 9.73 Å². The summed E-state index contributed by atoms with van der Waals surface area (Å²) in [6.07, 6.45) is 1.79. The smallest absolute Gasteiger partial charge is 0.144 e. The molecule has 36 heavy (non-hydrogen) atoms. The van der Waals surface area contributed by atoms with E-state index in [-0.39, 0.29) is 12.0 Å². The van der Waals surface area contributed by atoms with Gasteiger partial charge in [0.2, 0.25) is 0 Å². The molecule has 2 nitrogen and oxygen atoms in total. The van der Waals surface area contributed by atoms with Gasteiger partial charge in [-0.25, -0.2) is 0 Å². The van der Waals surface area contributed by atoms with Crippen molar-refractivity contribution in [2.24, 2.45) is 4.99 Å². The normalized spacial score (nSPS) is 15.4. The van der Waals surface area contributed by atoms with E-state index in [1.54, 1.807) is 0 Å². The van der Waals surface area contributed by atoms with Gasteiger partial charge in [0.25, 0.3) is 0 Å². The van der Waals surface area contributed by atoms with Crippen molar-refractivity contribution < 1.29 is 4.74 Å². The molecule has 0 amide bonds. The monoisotopic (exact) mass is 465 g/mol. The Morgan fingerprint density at radius 2 is 0.972 bits per heavy atom. The average Bonchev–Trinajstić information content (AvgIpc) is 3.40. The molecule has 5 aromatic rings. The molecule has 0 saturated heterocycles. The molecule has 1 aliphatic heterocycles. The molecule has 0 bridgehead atoms. The van der Waals surface area contributed by atoms with Crippen LogP contribution in [0.4, 0.5) is 5.69 Å². The van der Waals surface area contributed by atoms with Crippen molar-refractivity contribution in [1.29, 1.82) is 0 Å². The first kappa shape index (κ1) is 22.2. The summed E-state index contributed by atoms with van der Waals surface area (Å²) in [5.74, 6) is -0.0147. The van der Waals surface area contributed by atoms with Crippen LogP contribution in [0.2, 0.25) is 0 Å². The van der Waals surface area contributed by atoms with E-state index < -0.39 is 5.60 Å². The van der Waals surface area contributed by atoms with Crippen LogP contribution in [0.25, 0.3) is 0 Å². The first-order valence-electron chi connectivity index (χ1n) is 12.4. The van der Waals surface area contributed by atoms with Crippen LogP contribution in [0.15, 0.2) is 151 Å². The second-order valence-corrected chi connectivity index (χ2v) is 9.09. The largest absolute Gasteiger partial charge is 0.352 e. The van der Waals surface area contributed by atoms with Gasteiger partial charge in [-0.3, -0.25) is 4.99 Å². The van der Waals surface area contributed by atoms with Gasteiger partial charge < -0.3 is 4.74 Å². The molecule has 1 heterocycles. The van der Waals surface area contributed by atoms with E-state index in [0.29, 0.717) is 0 Å². The lowest BCUT2D eigenvalue weighted by Crippen LogP contribution is -2.36. The number of ether oxygens (including phenoxy) is 1. The Kier molecular flexibility index (Phi) is 6.03. The Hall–Kier alpha value is -4.27. The van der Waals surface area contributed by atoms with Gasteiger partial charge in [0.05, 0.1) is 17.7 Å². The van der Waals surface area contributed by atoms with Crippen LogP contribution in [-0.2, 0) is 10.3 Å². The number of benzene rings is 5. The minimum atomic E-state index is -0.824. The fourth-order valence-corrected chi connectivity index (χ4v) is 5.27. The lowest BCUT2D eigenvalue weighted by Gasteiger charge is -2.40. The summed E-state index contributed by atoms with van der Waals surface area (Å²) in [4.78, 5) is 4.77. The van der Waals surface area contributed by atoms with E-state index in [1.807, 2.05) is 12.3 Å². The number of hydrogen-bond donors (Lipinski definition) is 0. The number of nitrogens with zero attached hydrogens (tertiary/aromatic N) is 1. The van der Waals surface area contributed by atoms with Crippen molar-refractivity contribution in [3.05, 3.63) is 173 Å². The van der Waals surface area contributed by atoms with Crippen LogP contribution in [0.1, 0.15) is 39.8 Å². The zero-order valence-electron chi connectivity index (χ0n) is 19.9. The predicted molar refractivity (Wildman–Crippen MR) is 147 cm³/mol. The Morgan fingerprint density at radius 1 is 0.528 bits per heavy atom. The van der Waals surface area contributed by atoms with Crippen molar-refractivity contribution in [2.75, 3.05) is 0 Å². The van der Waals surface area contributed by atoms with Crippen LogP contribution < -0.4 is 0 Å². The molecule has 174 valence electrons. The van der Waals surface area contributed by atoms with E-state index >= 15 is 0 Å². The van der Waals surface area contributed by atoms with Gasteiger partial charge in [0.1, 0.15) is 5.60 Å². The Labute approximate surface area is 212 Å². The van der Waals surface area contributed by atoms with Gasteiger partial charge in [0, 0.05) is 6.21 Å². The summed E-state index contributed by atoms with van der Waals surface area (Å²) in [5.41, 5.74) is 5.77. The van der Waals surface area contributed by atoms with Crippen molar-refractivity contribution in [1.82, 2.24) is 0 Å². The second kappa shape index (κ2) is 9.77. The zero-order valence-corrected chi connectivity index (χ0v) is 19.9. The minimum absolute atomic E-state index is 0.0147. The minimum Gasteiger partial charge on any atom is -0.352 e. The van der Waals surface area contributed by atoms with E-state index in [1.165, 1.54) is 5.56 Å². The molecule has 0 fully saturated rings. The highest BCUT2D eigenvalue weighted by molar-refractivity contribution is 5.81. The lowest BCUT2D eigenvalue weighted by atomic mass is 9.79. The first-order valence-corrected chi connectivity index (χ1v) is 12.4. The van der Waals surface area contributed by atoms with Gasteiger partial charge in [0.15, 0.2) is 0 Å². The molecule has 2 unspecified atom stereocenters. The van der Waals surface area contributed by atoms with Crippen LogP contribution in [-0.4, -0.2) is 6.21 Å². The summed E-state index contributed by atoms with van der Waals surface area (Å²) in [6.45, 7) is 0. The fourth-order valence-electron chi connectivity index (χ4n) is 5.27. The second-order valence-electron chi connectivity index (χ2n) is 9.09. The summed E-state index contributed by atoms with van der Waals surface area (Å²) in [6, 6.07) is 50.6. The number of rotatable bonds is 7. The molecular formula is C34H27NO. The standard InChI is InChI=1S/C34H27NO/c1-5-15-26(16-6-1)33(31-25-35-32-24-14-13-23-30(31)32)36-34(27-17-7-2-8-18-27,28-19-9-3-10-20-28)29-21-11-4-12-22-29/h1-25,31,33H. The maximum Gasteiger partial charge on any atom is 0.144 e. The molecule has 2 heteroatoms. The maximum absolute atomic E-state index is 7.53. The SMILES string of the molecule is C1=Nc2ccccc2C1C(OC(c1ccccc1)(c1ccccc1)c1ccccc1)c1ccccc1. The average molecular weight is 466 g/mol. The highest BCUT2D eigenvalue weighted by Crippen LogP contribution is 2.49. The third-order valence-corrected chi connectivity index (χ3v) is 6.97. The van der Waals surface area contributed by atoms with Gasteiger partial charge in [-0.1, -0.05) is 140 Å². The van der Waals surface area contributed by atoms with Crippen molar-refractivity contribution in [3.8, 4) is 0 Å². The van der Waals surface area contributed by atoms with Crippen molar-refractivity contribution in [3.63, 3.8) is 0 Å². The quantitative estimate of drug-likeness (QED) is 0.222. The van der Waals surface area contributed by atoms with Gasteiger partial charge >= 0.3 is 0 Å². The number of aliphatic imine (C=N–C) groups is 1. The summed E-state index contributed by atoms with van der Waals surface area (Å²) in [7, 11) is 0. The molecular weight excluding hydrogens is 438 g/mol. The molecule has 1 aliphatic rings. The Bertz CT molecular complexity index is 1350. The van der Waals surface area contributed by atoms with E-state index in [9.17, 15) is 0 Å². The molecule has 0 spiro atoms. The molecule has 0 aliphatic carbocycles. The van der Waals surface area contributed by atoms with Crippen LogP contribution >= 0.6 is 0 Å². The highest BCUT2D eigenvalue weighted by atomic mass is 16.5. The fraction of sp³-hybridized carbons (Fsp3) is 0.0882. The maximum atomic E-state index is 7.53. The Morgan fingerprint density at radius 3 is 1.50 bits per heavy atom. The van der Waals surface area contributed by atoms with Crippen molar-refractivity contribution >= 4 is 11.9 Å².